The molecule has 0 aromatic heterocycles. The van der Waals surface area contributed by atoms with Gasteiger partial charge in [0, 0.05) is 30.9 Å². The van der Waals surface area contributed by atoms with Crippen LogP contribution in [0.1, 0.15) is 29.5 Å². The molecule has 0 atom stereocenters. The van der Waals surface area contributed by atoms with Gasteiger partial charge in [-0.05, 0) is 37.0 Å². The zero-order valence-electron chi connectivity index (χ0n) is 12.3. The molecule has 2 rings (SSSR count). The molecule has 5 N–H and O–H groups in total. The van der Waals surface area contributed by atoms with E-state index in [1.54, 1.807) is 0 Å². The van der Waals surface area contributed by atoms with Crippen molar-refractivity contribution in [3.05, 3.63) is 34.9 Å². The number of nitrogens with zero attached hydrogens (tertiary/aromatic N) is 1. The molecule has 0 unspecified atom stereocenters. The van der Waals surface area contributed by atoms with Crippen molar-refractivity contribution in [2.75, 3.05) is 19.8 Å². The van der Waals surface area contributed by atoms with E-state index in [1.165, 1.54) is 0 Å². The lowest BCUT2D eigenvalue weighted by Gasteiger charge is -2.36. The number of ether oxygens (including phenoxy) is 1. The molecule has 0 bridgehead atoms. The van der Waals surface area contributed by atoms with Crippen molar-refractivity contribution in [3.63, 3.8) is 0 Å². The normalized spacial score (nSPS) is 18.7. The molecule has 0 radical (unpaired) electrons. The van der Waals surface area contributed by atoms with E-state index >= 15 is 0 Å². The van der Waals surface area contributed by atoms with Gasteiger partial charge in [-0.2, -0.15) is 0 Å². The van der Waals surface area contributed by atoms with Gasteiger partial charge in [-0.1, -0.05) is 17.3 Å². The first-order valence-corrected chi connectivity index (χ1v) is 7.11. The smallest absolute Gasteiger partial charge is 0.170 e. The molecule has 0 spiro atoms. The molecule has 1 fully saturated rings. The van der Waals surface area contributed by atoms with Crippen LogP contribution >= 0.6 is 0 Å². The van der Waals surface area contributed by atoms with Crippen LogP contribution in [0, 0.1) is 6.92 Å². The van der Waals surface area contributed by atoms with E-state index in [0.717, 1.165) is 24.0 Å². The van der Waals surface area contributed by atoms with Gasteiger partial charge in [0.15, 0.2) is 5.84 Å². The highest BCUT2D eigenvalue weighted by Gasteiger charge is 2.31. The molecule has 0 saturated carbocycles. The number of hydrogen-bond donors (Lipinski definition) is 4. The summed E-state index contributed by atoms with van der Waals surface area (Å²) in [6.07, 6.45) is 1.62. The number of nitrogens with two attached hydrogens (primary N) is 1. The maximum absolute atomic E-state index is 9.66. The number of aliphatic hydroxyl groups excluding tert-OH is 1. The van der Waals surface area contributed by atoms with Crippen LogP contribution in [0.25, 0.3) is 0 Å². The van der Waals surface area contributed by atoms with Crippen LogP contribution < -0.4 is 11.1 Å². The molecular weight excluding hydrogens is 270 g/mol. The SMILES string of the molecule is Cc1cc(/C(N)=N/O)ccc1CNC1(CO)CCOCC1. The first-order chi connectivity index (χ1) is 10.1. The lowest BCUT2D eigenvalue weighted by atomic mass is 9.90. The maximum Gasteiger partial charge on any atom is 0.170 e. The van der Waals surface area contributed by atoms with E-state index in [-0.39, 0.29) is 18.0 Å². The summed E-state index contributed by atoms with van der Waals surface area (Å²) in [6.45, 7) is 4.12. The Morgan fingerprint density at radius 1 is 1.43 bits per heavy atom. The summed E-state index contributed by atoms with van der Waals surface area (Å²) >= 11 is 0. The Morgan fingerprint density at radius 3 is 2.71 bits per heavy atom. The molecule has 1 aliphatic heterocycles. The third-order valence-corrected chi connectivity index (χ3v) is 4.15. The molecule has 6 nitrogen and oxygen atoms in total. The molecule has 21 heavy (non-hydrogen) atoms. The summed E-state index contributed by atoms with van der Waals surface area (Å²) in [6, 6.07) is 5.68. The van der Waals surface area contributed by atoms with E-state index in [2.05, 4.69) is 10.5 Å². The minimum Gasteiger partial charge on any atom is -0.409 e. The summed E-state index contributed by atoms with van der Waals surface area (Å²) in [5.41, 5.74) is 8.22. The molecule has 1 aromatic rings. The van der Waals surface area contributed by atoms with Gasteiger partial charge in [-0.15, -0.1) is 0 Å². The van der Waals surface area contributed by atoms with Gasteiger partial charge in [-0.25, -0.2) is 0 Å². The number of benzene rings is 1. The lowest BCUT2D eigenvalue weighted by molar-refractivity contribution is 0.0111. The zero-order chi connectivity index (χ0) is 15.3. The number of aryl methyl sites for hydroxylation is 1. The highest BCUT2D eigenvalue weighted by molar-refractivity contribution is 5.97. The summed E-state index contributed by atoms with van der Waals surface area (Å²) < 4.78 is 5.35. The second kappa shape index (κ2) is 6.89. The van der Waals surface area contributed by atoms with Crippen LogP contribution in [-0.4, -0.2) is 41.5 Å². The fourth-order valence-corrected chi connectivity index (χ4v) is 2.55. The van der Waals surface area contributed by atoms with Crippen molar-refractivity contribution in [3.8, 4) is 0 Å². The van der Waals surface area contributed by atoms with Gasteiger partial charge in [0.2, 0.25) is 0 Å². The third-order valence-electron chi connectivity index (χ3n) is 4.15. The zero-order valence-corrected chi connectivity index (χ0v) is 12.3. The first kappa shape index (κ1) is 15.8. The largest absolute Gasteiger partial charge is 0.409 e. The van der Waals surface area contributed by atoms with E-state index in [9.17, 15) is 5.11 Å². The second-order valence-corrected chi connectivity index (χ2v) is 5.53. The highest BCUT2D eigenvalue weighted by atomic mass is 16.5. The van der Waals surface area contributed by atoms with Crippen molar-refractivity contribution in [2.45, 2.75) is 31.8 Å². The summed E-state index contributed by atoms with van der Waals surface area (Å²) in [4.78, 5) is 0. The number of rotatable bonds is 5. The molecule has 116 valence electrons. The average molecular weight is 293 g/mol. The van der Waals surface area contributed by atoms with Crippen molar-refractivity contribution in [1.29, 1.82) is 0 Å². The molecule has 1 aromatic carbocycles. The van der Waals surface area contributed by atoms with Crippen LogP contribution in [-0.2, 0) is 11.3 Å². The van der Waals surface area contributed by atoms with E-state index in [0.29, 0.717) is 25.3 Å². The Labute approximate surface area is 124 Å². The number of aliphatic hydroxyl groups is 1. The maximum atomic E-state index is 9.66. The predicted molar refractivity (Wildman–Crippen MR) is 80.4 cm³/mol. The second-order valence-electron chi connectivity index (χ2n) is 5.53. The van der Waals surface area contributed by atoms with Gasteiger partial charge >= 0.3 is 0 Å². The van der Waals surface area contributed by atoms with Crippen LogP contribution in [0.15, 0.2) is 23.4 Å². The fourth-order valence-electron chi connectivity index (χ4n) is 2.55. The van der Waals surface area contributed by atoms with Gasteiger partial charge in [0.25, 0.3) is 0 Å². The lowest BCUT2D eigenvalue weighted by Crippen LogP contribution is -2.51. The molecule has 0 aliphatic carbocycles. The molecule has 1 saturated heterocycles. The number of nitrogens with one attached hydrogen (secondary N) is 1. The van der Waals surface area contributed by atoms with Crippen molar-refractivity contribution >= 4 is 5.84 Å². The predicted octanol–water partition coefficient (Wildman–Crippen LogP) is 0.721. The van der Waals surface area contributed by atoms with Crippen LogP contribution in [0.2, 0.25) is 0 Å². The van der Waals surface area contributed by atoms with Gasteiger partial charge in [0.05, 0.1) is 6.61 Å². The molecule has 0 amide bonds. The number of oxime groups is 1. The monoisotopic (exact) mass is 293 g/mol. The van der Waals surface area contributed by atoms with Gasteiger partial charge in [0.1, 0.15) is 0 Å². The average Bonchev–Trinajstić information content (AvgIpc) is 2.53. The minimum atomic E-state index is -0.255. The quantitative estimate of drug-likeness (QED) is 0.277. The van der Waals surface area contributed by atoms with Crippen molar-refractivity contribution < 1.29 is 15.1 Å². The van der Waals surface area contributed by atoms with E-state index in [4.69, 9.17) is 15.7 Å². The van der Waals surface area contributed by atoms with Gasteiger partial charge in [-0.3, -0.25) is 0 Å². The molecular formula is C15H23N3O3. The van der Waals surface area contributed by atoms with Crippen LogP contribution in [0.4, 0.5) is 0 Å². The topological polar surface area (TPSA) is 100 Å². The van der Waals surface area contributed by atoms with Crippen LogP contribution in [0.3, 0.4) is 0 Å². The third kappa shape index (κ3) is 3.72. The summed E-state index contributed by atoms with van der Waals surface area (Å²) in [7, 11) is 0. The van der Waals surface area contributed by atoms with E-state index in [1.807, 2.05) is 25.1 Å². The summed E-state index contributed by atoms with van der Waals surface area (Å²) in [5, 5.41) is 24.8. The van der Waals surface area contributed by atoms with Crippen LogP contribution in [0.5, 0.6) is 0 Å². The summed E-state index contributed by atoms with van der Waals surface area (Å²) in [5.74, 6) is 0.105. The fraction of sp³-hybridized carbons (Fsp3) is 0.533. The Bertz CT molecular complexity index is 511. The van der Waals surface area contributed by atoms with Crippen molar-refractivity contribution in [2.24, 2.45) is 10.9 Å². The Morgan fingerprint density at radius 2 is 2.14 bits per heavy atom. The Kier molecular flexibility index (Phi) is 5.17. The van der Waals surface area contributed by atoms with E-state index < -0.39 is 0 Å². The molecule has 1 heterocycles. The van der Waals surface area contributed by atoms with Crippen molar-refractivity contribution in [1.82, 2.24) is 5.32 Å². The minimum absolute atomic E-state index is 0.105. The Hall–Kier alpha value is -1.63. The van der Waals surface area contributed by atoms with Gasteiger partial charge < -0.3 is 26.1 Å². The number of amidine groups is 1. The highest BCUT2D eigenvalue weighted by Crippen LogP contribution is 2.21. The number of hydrogen-bond acceptors (Lipinski definition) is 5. The molecule has 1 aliphatic rings. The molecule has 6 heteroatoms. The Balaban J connectivity index is 2.06. The first-order valence-electron chi connectivity index (χ1n) is 7.11. The standard InChI is InChI=1S/C15H23N3O3/c1-11-8-12(14(16)18-20)2-3-13(11)9-17-15(10-19)4-6-21-7-5-15/h2-3,8,17,19-20H,4-7,9-10H2,1H3,(H2,16,18).